The topological polar surface area (TPSA) is 20.2 Å². The fourth-order valence-corrected chi connectivity index (χ4v) is 0.732. The third-order valence-corrected chi connectivity index (χ3v) is 1.28. The van der Waals surface area contributed by atoms with Gasteiger partial charge < -0.3 is 5.11 Å². The molecule has 10 heavy (non-hydrogen) atoms. The summed E-state index contributed by atoms with van der Waals surface area (Å²) in [6, 6.07) is 9.59. The second kappa shape index (κ2) is 4.47. The average molecular weight is 203 g/mol. The summed E-state index contributed by atoms with van der Waals surface area (Å²) in [6.07, 6.45) is -0.341. The van der Waals surface area contributed by atoms with E-state index in [1.54, 1.807) is 6.92 Å². The smallest absolute Gasteiger partial charge is 0.0761 e. The lowest BCUT2D eigenvalue weighted by Crippen LogP contribution is -1.87. The predicted molar refractivity (Wildman–Crippen MR) is 47.4 cm³/mol. The molecule has 1 rings (SSSR count). The zero-order valence-corrected chi connectivity index (χ0v) is 7.53. The summed E-state index contributed by atoms with van der Waals surface area (Å²) in [5.41, 5.74) is 0.970. The normalized spacial score (nSPS) is 11.8. The minimum atomic E-state index is -0.341. The Morgan fingerprint density at radius 1 is 1.20 bits per heavy atom. The Balaban J connectivity index is 0.000000810. The average Bonchev–Trinajstić information content (AvgIpc) is 1.90. The van der Waals surface area contributed by atoms with Gasteiger partial charge in [-0.15, -0.1) is 17.0 Å². The van der Waals surface area contributed by atoms with Gasteiger partial charge in [-0.05, 0) is 12.5 Å². The molecule has 0 aliphatic heterocycles. The number of hydrogen-bond acceptors (Lipinski definition) is 1. The molecule has 0 bridgehead atoms. The molecular weight excluding hydrogens is 192 g/mol. The number of hydrogen-bond donors (Lipinski definition) is 1. The standard InChI is InChI=1S/C8H10O.BrH/c1-7(9)8-5-3-2-4-6-8;/h2-7,9H,1H3;1H. The lowest BCUT2D eigenvalue weighted by molar-refractivity contribution is 0.199. The summed E-state index contributed by atoms with van der Waals surface area (Å²) in [5.74, 6) is 0. The third-order valence-electron chi connectivity index (χ3n) is 1.28. The van der Waals surface area contributed by atoms with Gasteiger partial charge in [-0.1, -0.05) is 30.3 Å². The molecule has 2 heteroatoms. The van der Waals surface area contributed by atoms with Gasteiger partial charge in [-0.2, -0.15) is 0 Å². The molecule has 0 radical (unpaired) electrons. The molecule has 56 valence electrons. The van der Waals surface area contributed by atoms with E-state index in [1.807, 2.05) is 30.3 Å². The summed E-state index contributed by atoms with van der Waals surface area (Å²) in [5, 5.41) is 9.02. The van der Waals surface area contributed by atoms with E-state index in [9.17, 15) is 0 Å². The molecule has 0 aliphatic carbocycles. The van der Waals surface area contributed by atoms with Gasteiger partial charge in [0.25, 0.3) is 0 Å². The third kappa shape index (κ3) is 2.50. The Bertz CT molecular complexity index is 172. The summed E-state index contributed by atoms with van der Waals surface area (Å²) >= 11 is 0. The van der Waals surface area contributed by atoms with Crippen molar-refractivity contribution in [2.24, 2.45) is 0 Å². The Labute approximate surface area is 71.5 Å². The second-order valence-corrected chi connectivity index (χ2v) is 2.09. The molecule has 1 nitrogen and oxygen atoms in total. The Morgan fingerprint density at radius 2 is 1.70 bits per heavy atom. The lowest BCUT2D eigenvalue weighted by Gasteiger charge is -2.00. The maximum Gasteiger partial charge on any atom is 0.0761 e. The monoisotopic (exact) mass is 202 g/mol. The Kier molecular flexibility index (Phi) is 4.32. The predicted octanol–water partition coefficient (Wildman–Crippen LogP) is 2.32. The molecule has 0 heterocycles. The van der Waals surface area contributed by atoms with Crippen LogP contribution in [0.4, 0.5) is 0 Å². The molecule has 0 aromatic heterocycles. The van der Waals surface area contributed by atoms with Crippen LogP contribution in [0.15, 0.2) is 30.3 Å². The van der Waals surface area contributed by atoms with Crippen molar-refractivity contribution in [2.75, 3.05) is 0 Å². The number of aliphatic hydroxyl groups excluding tert-OH is 1. The SMILES string of the molecule is Br.CC(O)c1ccccc1. The van der Waals surface area contributed by atoms with Crippen molar-refractivity contribution in [2.45, 2.75) is 13.0 Å². The first-order valence-corrected chi connectivity index (χ1v) is 3.03. The number of aliphatic hydroxyl groups is 1. The van der Waals surface area contributed by atoms with Gasteiger partial charge in [0, 0.05) is 0 Å². The molecule has 1 atom stereocenters. The van der Waals surface area contributed by atoms with E-state index in [0.717, 1.165) is 5.56 Å². The van der Waals surface area contributed by atoms with Crippen molar-refractivity contribution >= 4 is 17.0 Å². The van der Waals surface area contributed by atoms with Crippen LogP contribution in [0.2, 0.25) is 0 Å². The van der Waals surface area contributed by atoms with E-state index in [0.29, 0.717) is 0 Å². The largest absolute Gasteiger partial charge is 0.389 e. The van der Waals surface area contributed by atoms with Gasteiger partial charge in [-0.25, -0.2) is 0 Å². The van der Waals surface area contributed by atoms with E-state index in [2.05, 4.69) is 0 Å². The number of halogens is 1. The Hall–Kier alpha value is -0.340. The molecule has 0 aliphatic rings. The van der Waals surface area contributed by atoms with E-state index < -0.39 is 0 Å². The highest BCUT2D eigenvalue weighted by molar-refractivity contribution is 8.93. The molecule has 0 amide bonds. The zero-order chi connectivity index (χ0) is 6.69. The molecule has 1 unspecified atom stereocenters. The van der Waals surface area contributed by atoms with Crippen LogP contribution >= 0.6 is 17.0 Å². The van der Waals surface area contributed by atoms with E-state index in [1.165, 1.54) is 0 Å². The lowest BCUT2D eigenvalue weighted by atomic mass is 10.1. The molecule has 1 N–H and O–H groups in total. The highest BCUT2D eigenvalue weighted by atomic mass is 79.9. The summed E-state index contributed by atoms with van der Waals surface area (Å²) in [7, 11) is 0. The quantitative estimate of drug-likeness (QED) is 0.742. The van der Waals surface area contributed by atoms with Crippen LogP contribution < -0.4 is 0 Å². The van der Waals surface area contributed by atoms with Crippen molar-refractivity contribution in [1.82, 2.24) is 0 Å². The molecule has 0 fully saturated rings. The van der Waals surface area contributed by atoms with Gasteiger partial charge >= 0.3 is 0 Å². The van der Waals surface area contributed by atoms with Crippen molar-refractivity contribution in [3.05, 3.63) is 35.9 Å². The van der Waals surface area contributed by atoms with Crippen molar-refractivity contribution < 1.29 is 5.11 Å². The molecule has 0 saturated carbocycles. The van der Waals surface area contributed by atoms with E-state index in [-0.39, 0.29) is 23.1 Å². The molecular formula is C8H11BrO. The highest BCUT2D eigenvalue weighted by Gasteiger charge is 1.95. The van der Waals surface area contributed by atoms with Crippen LogP contribution in [0.1, 0.15) is 18.6 Å². The molecule has 0 saturated heterocycles. The highest BCUT2D eigenvalue weighted by Crippen LogP contribution is 2.08. The van der Waals surface area contributed by atoms with Crippen LogP contribution in [0.5, 0.6) is 0 Å². The second-order valence-electron chi connectivity index (χ2n) is 2.09. The first kappa shape index (κ1) is 9.66. The minimum Gasteiger partial charge on any atom is -0.389 e. The van der Waals surface area contributed by atoms with E-state index in [4.69, 9.17) is 5.11 Å². The molecule has 0 spiro atoms. The van der Waals surface area contributed by atoms with Gasteiger partial charge in [0.2, 0.25) is 0 Å². The van der Waals surface area contributed by atoms with Crippen LogP contribution in [-0.2, 0) is 0 Å². The number of benzene rings is 1. The molecule has 1 aromatic rings. The van der Waals surface area contributed by atoms with Crippen LogP contribution in [-0.4, -0.2) is 5.11 Å². The maximum absolute atomic E-state index is 9.02. The van der Waals surface area contributed by atoms with Crippen molar-refractivity contribution in [1.29, 1.82) is 0 Å². The van der Waals surface area contributed by atoms with Crippen molar-refractivity contribution in [3.8, 4) is 0 Å². The summed E-state index contributed by atoms with van der Waals surface area (Å²) in [6.45, 7) is 1.76. The first-order valence-electron chi connectivity index (χ1n) is 3.03. The minimum absolute atomic E-state index is 0. The van der Waals surface area contributed by atoms with Crippen LogP contribution in [0, 0.1) is 0 Å². The molecule has 1 aromatic carbocycles. The number of rotatable bonds is 1. The van der Waals surface area contributed by atoms with Gasteiger partial charge in [0.05, 0.1) is 6.10 Å². The van der Waals surface area contributed by atoms with Crippen molar-refractivity contribution in [3.63, 3.8) is 0 Å². The van der Waals surface area contributed by atoms with Crippen LogP contribution in [0.25, 0.3) is 0 Å². The van der Waals surface area contributed by atoms with Gasteiger partial charge in [0.15, 0.2) is 0 Å². The zero-order valence-electron chi connectivity index (χ0n) is 5.82. The first-order chi connectivity index (χ1) is 4.30. The summed E-state index contributed by atoms with van der Waals surface area (Å²) < 4.78 is 0. The summed E-state index contributed by atoms with van der Waals surface area (Å²) in [4.78, 5) is 0. The Morgan fingerprint density at radius 3 is 2.00 bits per heavy atom. The fourth-order valence-electron chi connectivity index (χ4n) is 0.732. The van der Waals surface area contributed by atoms with Gasteiger partial charge in [-0.3, -0.25) is 0 Å². The fraction of sp³-hybridized carbons (Fsp3) is 0.250. The van der Waals surface area contributed by atoms with Gasteiger partial charge in [0.1, 0.15) is 0 Å². The maximum atomic E-state index is 9.02. The van der Waals surface area contributed by atoms with E-state index >= 15 is 0 Å². The van der Waals surface area contributed by atoms with Crippen LogP contribution in [0.3, 0.4) is 0 Å².